The van der Waals surface area contributed by atoms with Crippen LogP contribution in [0.15, 0.2) is 78.9 Å². The van der Waals surface area contributed by atoms with Crippen molar-refractivity contribution in [3.8, 4) is 5.75 Å². The van der Waals surface area contributed by atoms with E-state index in [1.165, 1.54) is 5.69 Å². The molecule has 0 spiro atoms. The van der Waals surface area contributed by atoms with Gasteiger partial charge in [-0.1, -0.05) is 42.5 Å². The number of carbonyl (C=O) groups is 1. The van der Waals surface area contributed by atoms with E-state index in [1.807, 2.05) is 56.3 Å². The van der Waals surface area contributed by atoms with Crippen LogP contribution in [0.25, 0.3) is 10.9 Å². The van der Waals surface area contributed by atoms with Crippen LogP contribution in [0, 0.1) is 13.8 Å². The van der Waals surface area contributed by atoms with Gasteiger partial charge in [0.1, 0.15) is 17.1 Å². The maximum atomic E-state index is 12.6. The minimum absolute atomic E-state index is 0.0752. The van der Waals surface area contributed by atoms with Crippen LogP contribution in [0.5, 0.6) is 5.75 Å². The van der Waals surface area contributed by atoms with Gasteiger partial charge in [0, 0.05) is 42.9 Å². The van der Waals surface area contributed by atoms with Crippen molar-refractivity contribution in [2.45, 2.75) is 13.8 Å². The van der Waals surface area contributed by atoms with Crippen molar-refractivity contribution in [1.29, 1.82) is 0 Å². The highest BCUT2D eigenvalue weighted by Crippen LogP contribution is 2.28. The molecule has 1 N–H and O–H groups in total. The van der Waals surface area contributed by atoms with Gasteiger partial charge in [-0.2, -0.15) is 0 Å². The molecule has 1 aromatic heterocycles. The second-order valence-corrected chi connectivity index (χ2v) is 8.89. The predicted octanol–water partition coefficient (Wildman–Crippen LogP) is 5.20. The molecule has 0 bridgehead atoms. The molecule has 35 heavy (non-hydrogen) atoms. The van der Waals surface area contributed by atoms with E-state index in [0.717, 1.165) is 59.7 Å². The van der Waals surface area contributed by atoms with Crippen molar-refractivity contribution in [3.63, 3.8) is 0 Å². The number of benzene rings is 3. The molecule has 1 aliphatic heterocycles. The van der Waals surface area contributed by atoms with E-state index in [9.17, 15) is 4.79 Å². The maximum absolute atomic E-state index is 12.6. The molecule has 6 heteroatoms. The lowest BCUT2D eigenvalue weighted by molar-refractivity contribution is -0.118. The number of hydrogen-bond acceptors (Lipinski definition) is 5. The molecule has 0 unspecified atom stereocenters. The summed E-state index contributed by atoms with van der Waals surface area (Å²) in [4.78, 5) is 22.2. The monoisotopic (exact) mass is 466 g/mol. The Labute approximate surface area is 206 Å². The van der Waals surface area contributed by atoms with E-state index in [-0.39, 0.29) is 12.5 Å². The average Bonchev–Trinajstić information content (AvgIpc) is 2.90. The third-order valence-electron chi connectivity index (χ3n) is 6.63. The van der Waals surface area contributed by atoms with Crippen LogP contribution in [-0.2, 0) is 4.79 Å². The summed E-state index contributed by atoms with van der Waals surface area (Å²) in [6, 6.07) is 26.4. The SMILES string of the molecule is Cc1cccc(NC(=O)COc2cccc3ccc(N4CCN(c5ccccc5)CC4)nc23)c1C. The van der Waals surface area contributed by atoms with Crippen LogP contribution in [0.2, 0.25) is 0 Å². The van der Waals surface area contributed by atoms with Gasteiger partial charge in [0.05, 0.1) is 0 Å². The molecule has 4 aromatic rings. The first kappa shape index (κ1) is 22.7. The lowest BCUT2D eigenvalue weighted by Gasteiger charge is -2.36. The van der Waals surface area contributed by atoms with E-state index in [1.54, 1.807) is 0 Å². The maximum Gasteiger partial charge on any atom is 0.262 e. The zero-order chi connectivity index (χ0) is 24.2. The first-order chi connectivity index (χ1) is 17.1. The number of amides is 1. The Morgan fingerprint density at radius 1 is 0.857 bits per heavy atom. The Bertz CT molecular complexity index is 1330. The van der Waals surface area contributed by atoms with E-state index in [4.69, 9.17) is 9.72 Å². The summed E-state index contributed by atoms with van der Waals surface area (Å²) >= 11 is 0. The van der Waals surface area contributed by atoms with E-state index >= 15 is 0 Å². The summed E-state index contributed by atoms with van der Waals surface area (Å²) in [6.45, 7) is 7.64. The summed E-state index contributed by atoms with van der Waals surface area (Å²) in [5.74, 6) is 1.35. The molecule has 0 aliphatic carbocycles. The fraction of sp³-hybridized carbons (Fsp3) is 0.241. The van der Waals surface area contributed by atoms with E-state index in [0.29, 0.717) is 5.75 Å². The van der Waals surface area contributed by atoms with Crippen molar-refractivity contribution in [2.75, 3.05) is 47.9 Å². The van der Waals surface area contributed by atoms with Crippen molar-refractivity contribution < 1.29 is 9.53 Å². The van der Waals surface area contributed by atoms with E-state index in [2.05, 4.69) is 51.5 Å². The van der Waals surface area contributed by atoms with Gasteiger partial charge in [-0.15, -0.1) is 0 Å². The minimum atomic E-state index is -0.191. The van der Waals surface area contributed by atoms with Crippen LogP contribution in [0.3, 0.4) is 0 Å². The molecule has 1 amide bonds. The van der Waals surface area contributed by atoms with Gasteiger partial charge in [0.25, 0.3) is 5.91 Å². The van der Waals surface area contributed by atoms with Crippen LogP contribution >= 0.6 is 0 Å². The van der Waals surface area contributed by atoms with Crippen LogP contribution in [0.1, 0.15) is 11.1 Å². The molecule has 0 radical (unpaired) electrons. The number of pyridine rings is 1. The first-order valence-corrected chi connectivity index (χ1v) is 12.0. The Morgan fingerprint density at radius 3 is 2.40 bits per heavy atom. The van der Waals surface area contributed by atoms with Gasteiger partial charge in [0.15, 0.2) is 6.61 Å². The molecule has 3 aromatic carbocycles. The van der Waals surface area contributed by atoms with Gasteiger partial charge in [-0.3, -0.25) is 4.79 Å². The number of rotatable bonds is 6. The molecule has 6 nitrogen and oxygen atoms in total. The number of para-hydroxylation sites is 2. The zero-order valence-electron chi connectivity index (χ0n) is 20.2. The fourth-order valence-corrected chi connectivity index (χ4v) is 4.45. The average molecular weight is 467 g/mol. The Kier molecular flexibility index (Phi) is 6.53. The topological polar surface area (TPSA) is 57.7 Å². The summed E-state index contributed by atoms with van der Waals surface area (Å²) < 4.78 is 5.94. The molecular weight excluding hydrogens is 436 g/mol. The third kappa shape index (κ3) is 5.06. The van der Waals surface area contributed by atoms with Crippen molar-refractivity contribution in [3.05, 3.63) is 90.0 Å². The highest BCUT2D eigenvalue weighted by atomic mass is 16.5. The van der Waals surface area contributed by atoms with Gasteiger partial charge in [-0.05, 0) is 61.4 Å². The molecule has 5 rings (SSSR count). The quantitative estimate of drug-likeness (QED) is 0.424. The summed E-state index contributed by atoms with van der Waals surface area (Å²) in [7, 11) is 0. The van der Waals surface area contributed by atoms with Crippen molar-refractivity contribution in [2.24, 2.45) is 0 Å². The Balaban J connectivity index is 1.27. The summed E-state index contributed by atoms with van der Waals surface area (Å²) in [5.41, 5.74) is 5.04. The van der Waals surface area contributed by atoms with Gasteiger partial charge >= 0.3 is 0 Å². The van der Waals surface area contributed by atoms with Crippen LogP contribution in [-0.4, -0.2) is 43.7 Å². The number of piperazine rings is 1. The molecule has 2 heterocycles. The van der Waals surface area contributed by atoms with E-state index < -0.39 is 0 Å². The first-order valence-electron chi connectivity index (χ1n) is 12.0. The number of ether oxygens (including phenoxy) is 1. The molecule has 1 fully saturated rings. The molecule has 1 aliphatic rings. The molecule has 178 valence electrons. The van der Waals surface area contributed by atoms with Gasteiger partial charge in [-0.25, -0.2) is 4.98 Å². The number of nitrogens with one attached hydrogen (secondary N) is 1. The fourth-order valence-electron chi connectivity index (χ4n) is 4.45. The molecular formula is C29H30N4O2. The number of carbonyl (C=O) groups excluding carboxylic acids is 1. The minimum Gasteiger partial charge on any atom is -0.481 e. The number of aryl methyl sites for hydroxylation is 1. The van der Waals surface area contributed by atoms with Crippen molar-refractivity contribution in [1.82, 2.24) is 4.98 Å². The Hall–Kier alpha value is -4.06. The second kappa shape index (κ2) is 10.1. The highest BCUT2D eigenvalue weighted by Gasteiger charge is 2.19. The van der Waals surface area contributed by atoms with Crippen molar-refractivity contribution >= 4 is 34.0 Å². The van der Waals surface area contributed by atoms with Crippen LogP contribution in [0.4, 0.5) is 17.2 Å². The largest absolute Gasteiger partial charge is 0.481 e. The Morgan fingerprint density at radius 2 is 1.60 bits per heavy atom. The summed E-state index contributed by atoms with van der Waals surface area (Å²) in [6.07, 6.45) is 0. The smallest absolute Gasteiger partial charge is 0.262 e. The van der Waals surface area contributed by atoms with Gasteiger partial charge < -0.3 is 19.9 Å². The number of fused-ring (bicyclic) bond motifs is 1. The standard InChI is InChI=1S/C29H30N4O2/c1-21-8-6-12-25(22(21)2)30-28(34)20-35-26-13-7-9-23-14-15-27(31-29(23)26)33-18-16-32(17-19-33)24-10-4-3-5-11-24/h3-15H,16-20H2,1-2H3,(H,30,34). The predicted molar refractivity (Wildman–Crippen MR) is 143 cm³/mol. The molecule has 1 saturated heterocycles. The molecule has 0 saturated carbocycles. The van der Waals surface area contributed by atoms with Gasteiger partial charge in [0.2, 0.25) is 0 Å². The third-order valence-corrected chi connectivity index (χ3v) is 6.63. The number of hydrogen-bond donors (Lipinski definition) is 1. The normalized spacial score (nSPS) is 13.7. The number of anilines is 3. The highest BCUT2D eigenvalue weighted by molar-refractivity contribution is 5.93. The lowest BCUT2D eigenvalue weighted by Crippen LogP contribution is -2.46. The molecule has 0 atom stereocenters. The summed E-state index contributed by atoms with van der Waals surface area (Å²) in [5, 5.41) is 3.94. The van der Waals surface area contributed by atoms with Crippen LogP contribution < -0.4 is 19.9 Å². The number of nitrogens with zero attached hydrogens (tertiary/aromatic N) is 3. The zero-order valence-corrected chi connectivity index (χ0v) is 20.2. The lowest BCUT2D eigenvalue weighted by atomic mass is 10.1. The second-order valence-electron chi connectivity index (χ2n) is 8.89. The number of aromatic nitrogens is 1.